The van der Waals surface area contributed by atoms with Gasteiger partial charge in [0.2, 0.25) is 5.95 Å². The van der Waals surface area contributed by atoms with Crippen LogP contribution in [0.2, 0.25) is 0 Å². The average Bonchev–Trinajstić information content (AvgIpc) is 3.49. The van der Waals surface area contributed by atoms with Crippen LogP contribution in [0.25, 0.3) is 22.2 Å². The van der Waals surface area contributed by atoms with Gasteiger partial charge in [-0.3, -0.25) is 4.79 Å². The third-order valence-corrected chi connectivity index (χ3v) is 7.42. The Labute approximate surface area is 241 Å². The molecule has 10 nitrogen and oxygen atoms in total. The van der Waals surface area contributed by atoms with Gasteiger partial charge in [0.1, 0.15) is 11.2 Å². The normalized spacial score (nSPS) is 21.6. The summed E-state index contributed by atoms with van der Waals surface area (Å²) in [6, 6.07) is 4.47. The van der Waals surface area contributed by atoms with Crippen LogP contribution in [0.15, 0.2) is 30.6 Å². The maximum absolute atomic E-state index is 14.1. The van der Waals surface area contributed by atoms with Crippen molar-refractivity contribution in [1.29, 1.82) is 0 Å². The lowest BCUT2D eigenvalue weighted by Gasteiger charge is -2.34. The molecule has 0 aliphatic carbocycles. The topological polar surface area (TPSA) is 124 Å². The molecule has 13 heteroatoms. The van der Waals surface area contributed by atoms with E-state index >= 15 is 0 Å². The number of fused-ring (bicyclic) bond motifs is 1. The van der Waals surface area contributed by atoms with Gasteiger partial charge in [-0.05, 0) is 59.1 Å². The molecule has 2 amide bonds. The largest absolute Gasteiger partial charge is 0.444 e. The number of aromatic amines is 1. The van der Waals surface area contributed by atoms with Crippen molar-refractivity contribution in [2.45, 2.75) is 70.4 Å². The highest BCUT2D eigenvalue weighted by molar-refractivity contribution is 6.02. The van der Waals surface area contributed by atoms with Crippen molar-refractivity contribution in [3.05, 3.63) is 41.7 Å². The Morgan fingerprint density at radius 2 is 1.95 bits per heavy atom. The summed E-state index contributed by atoms with van der Waals surface area (Å²) in [5, 5.41) is 13.8. The summed E-state index contributed by atoms with van der Waals surface area (Å²) in [4.78, 5) is 39.9. The number of halogens is 3. The van der Waals surface area contributed by atoms with Crippen LogP contribution < -0.4 is 5.32 Å². The summed E-state index contributed by atoms with van der Waals surface area (Å²) in [6.07, 6.45) is -1.13. The monoisotopic (exact) mass is 588 g/mol. The molecule has 1 aromatic carbocycles. The third-order valence-electron chi connectivity index (χ3n) is 7.42. The van der Waals surface area contributed by atoms with Crippen molar-refractivity contribution >= 4 is 28.9 Å². The van der Waals surface area contributed by atoms with E-state index in [2.05, 4.69) is 20.3 Å². The Kier molecular flexibility index (Phi) is 7.58. The lowest BCUT2D eigenvalue weighted by molar-refractivity contribution is -0.137. The highest BCUT2D eigenvalue weighted by Crippen LogP contribution is 2.39. The first kappa shape index (κ1) is 29.6. The van der Waals surface area contributed by atoms with E-state index in [4.69, 9.17) is 4.74 Å². The van der Waals surface area contributed by atoms with E-state index in [1.165, 1.54) is 6.20 Å². The molecule has 0 bridgehead atoms. The minimum absolute atomic E-state index is 0.0104. The molecule has 0 spiro atoms. The smallest absolute Gasteiger partial charge is 0.419 e. The zero-order valence-electron chi connectivity index (χ0n) is 24.0. The molecule has 0 radical (unpaired) electrons. The average molecular weight is 589 g/mol. The number of H-pyrrole nitrogens is 1. The van der Waals surface area contributed by atoms with Crippen molar-refractivity contribution in [1.82, 2.24) is 24.8 Å². The van der Waals surface area contributed by atoms with Crippen LogP contribution >= 0.6 is 0 Å². The van der Waals surface area contributed by atoms with E-state index in [1.54, 1.807) is 55.7 Å². The molecule has 2 aliphatic rings. The summed E-state index contributed by atoms with van der Waals surface area (Å²) >= 11 is 0. The number of rotatable bonds is 4. The van der Waals surface area contributed by atoms with Crippen LogP contribution in [-0.2, 0) is 10.9 Å². The Bertz CT molecular complexity index is 1500. The molecular weight excluding hydrogens is 553 g/mol. The molecule has 226 valence electrons. The summed E-state index contributed by atoms with van der Waals surface area (Å²) < 4.78 is 47.7. The minimum atomic E-state index is -4.71. The van der Waals surface area contributed by atoms with Gasteiger partial charge in [-0.15, -0.1) is 0 Å². The maximum atomic E-state index is 14.1. The van der Waals surface area contributed by atoms with Crippen LogP contribution in [0.1, 0.15) is 62.9 Å². The second-order valence-corrected chi connectivity index (χ2v) is 12.3. The zero-order chi connectivity index (χ0) is 30.4. The SMILES string of the molecule is CC1(O)CCN(C(=O)c2ccc3c(-c4nc(N[C@H]5CCCN(C(=O)OC(C)(C)C)C5)ncc4C(F)(F)F)c[nH]c3c2)C1. The zero-order valence-corrected chi connectivity index (χ0v) is 24.0. The van der Waals surface area contributed by atoms with Crippen molar-refractivity contribution in [2.24, 2.45) is 0 Å². The van der Waals surface area contributed by atoms with E-state index in [-0.39, 0.29) is 35.7 Å². The van der Waals surface area contributed by atoms with Gasteiger partial charge >= 0.3 is 12.3 Å². The van der Waals surface area contributed by atoms with E-state index in [0.717, 1.165) is 6.20 Å². The fraction of sp³-hybridized carbons (Fsp3) is 0.517. The van der Waals surface area contributed by atoms with Gasteiger partial charge < -0.3 is 29.9 Å². The molecule has 2 aromatic heterocycles. The fourth-order valence-electron chi connectivity index (χ4n) is 5.39. The van der Waals surface area contributed by atoms with Gasteiger partial charge in [0.05, 0.1) is 11.3 Å². The number of β-amino-alcohol motifs (C(OH)–C–C–N with tert-alkyl or cyclic N) is 1. The Balaban J connectivity index is 1.41. The van der Waals surface area contributed by atoms with Crippen molar-refractivity contribution in [3.63, 3.8) is 0 Å². The molecule has 5 rings (SSSR count). The van der Waals surface area contributed by atoms with Gasteiger partial charge in [-0.1, -0.05) is 6.07 Å². The molecular formula is C29H35F3N6O4. The number of carbonyl (C=O) groups excluding carboxylic acids is 2. The van der Waals surface area contributed by atoms with Gasteiger partial charge in [-0.25, -0.2) is 14.8 Å². The van der Waals surface area contributed by atoms with E-state index in [9.17, 15) is 27.9 Å². The maximum Gasteiger partial charge on any atom is 0.419 e. The first-order valence-corrected chi connectivity index (χ1v) is 13.9. The standard InChI is InChI=1S/C29H35F3N6O4/c1-27(2,3)42-26(40)37-10-5-6-18(15-37)35-25-34-14-21(29(30,31)32)23(36-25)20-13-33-22-12-17(7-8-19(20)22)24(39)38-11-9-28(4,41)16-38/h7-8,12-14,18,33,41H,5-6,9-11,15-16H2,1-4H3,(H,34,35,36)/t18-,28?/m0/s1. The molecule has 2 saturated heterocycles. The molecule has 2 fully saturated rings. The van der Waals surface area contributed by atoms with Gasteiger partial charge in [-0.2, -0.15) is 13.2 Å². The number of likely N-dealkylation sites (tertiary alicyclic amines) is 2. The number of amides is 2. The molecule has 2 aliphatic heterocycles. The number of hydrogen-bond donors (Lipinski definition) is 3. The number of benzene rings is 1. The van der Waals surface area contributed by atoms with E-state index in [1.807, 2.05) is 0 Å². The number of alkyl halides is 3. The third kappa shape index (κ3) is 6.45. The number of ether oxygens (including phenoxy) is 1. The number of nitrogens with zero attached hydrogens (tertiary/aromatic N) is 4. The van der Waals surface area contributed by atoms with E-state index in [0.29, 0.717) is 55.4 Å². The number of nitrogens with one attached hydrogen (secondary N) is 2. The molecule has 3 N–H and O–H groups in total. The fourth-order valence-corrected chi connectivity index (χ4v) is 5.39. The molecule has 42 heavy (non-hydrogen) atoms. The van der Waals surface area contributed by atoms with Gasteiger partial charge in [0.25, 0.3) is 5.91 Å². The first-order valence-electron chi connectivity index (χ1n) is 13.9. The van der Waals surface area contributed by atoms with Crippen LogP contribution in [-0.4, -0.2) is 85.3 Å². The lowest BCUT2D eigenvalue weighted by atomic mass is 10.0. The molecule has 3 aromatic rings. The van der Waals surface area contributed by atoms with Crippen LogP contribution in [0.5, 0.6) is 0 Å². The number of anilines is 1. The highest BCUT2D eigenvalue weighted by atomic mass is 19.4. The Morgan fingerprint density at radius 1 is 1.19 bits per heavy atom. The molecule has 0 saturated carbocycles. The Hall–Kier alpha value is -3.87. The molecule has 4 heterocycles. The first-order chi connectivity index (χ1) is 19.6. The quantitative estimate of drug-likeness (QED) is 0.390. The van der Waals surface area contributed by atoms with Crippen LogP contribution in [0.4, 0.5) is 23.9 Å². The number of carbonyl (C=O) groups is 2. The summed E-state index contributed by atoms with van der Waals surface area (Å²) in [6.45, 7) is 8.47. The summed E-state index contributed by atoms with van der Waals surface area (Å²) in [5.74, 6) is -0.250. The highest BCUT2D eigenvalue weighted by Gasteiger charge is 2.37. The summed E-state index contributed by atoms with van der Waals surface area (Å²) in [5.41, 5.74) is -1.84. The second-order valence-electron chi connectivity index (χ2n) is 12.3. The predicted molar refractivity (Wildman–Crippen MR) is 150 cm³/mol. The summed E-state index contributed by atoms with van der Waals surface area (Å²) in [7, 11) is 0. The van der Waals surface area contributed by atoms with Crippen LogP contribution in [0, 0.1) is 0 Å². The molecule has 1 unspecified atom stereocenters. The minimum Gasteiger partial charge on any atom is -0.444 e. The second kappa shape index (κ2) is 10.8. The van der Waals surface area contributed by atoms with Crippen molar-refractivity contribution in [2.75, 3.05) is 31.5 Å². The van der Waals surface area contributed by atoms with Gasteiger partial charge in [0, 0.05) is 66.6 Å². The number of aliphatic hydroxyl groups is 1. The van der Waals surface area contributed by atoms with E-state index < -0.39 is 29.0 Å². The van der Waals surface area contributed by atoms with Crippen molar-refractivity contribution in [3.8, 4) is 11.3 Å². The van der Waals surface area contributed by atoms with Crippen molar-refractivity contribution < 1.29 is 32.6 Å². The predicted octanol–water partition coefficient (Wildman–Crippen LogP) is 5.05. The lowest BCUT2D eigenvalue weighted by Crippen LogP contribution is -2.47. The number of hydrogen-bond acceptors (Lipinski definition) is 7. The number of aromatic nitrogens is 3. The van der Waals surface area contributed by atoms with Gasteiger partial charge in [0.15, 0.2) is 0 Å². The molecule has 2 atom stereocenters. The number of piperidine rings is 1. The Morgan fingerprint density at radius 3 is 2.62 bits per heavy atom. The van der Waals surface area contributed by atoms with Crippen LogP contribution in [0.3, 0.4) is 0 Å².